The summed E-state index contributed by atoms with van der Waals surface area (Å²) in [5.41, 5.74) is 0.285. The number of aromatic nitrogens is 1. The lowest BCUT2D eigenvalue weighted by Gasteiger charge is -2.08. The second kappa shape index (κ2) is 9.40. The monoisotopic (exact) mass is 328 g/mol. The molecule has 0 spiro atoms. The lowest BCUT2D eigenvalue weighted by molar-refractivity contribution is -0.118. The Hall–Kier alpha value is -1.63. The van der Waals surface area contributed by atoms with Crippen LogP contribution in [0.3, 0.4) is 0 Å². The minimum absolute atomic E-state index is 0.0666. The van der Waals surface area contributed by atoms with E-state index in [1.807, 2.05) is 20.8 Å². The van der Waals surface area contributed by atoms with Crippen LogP contribution in [0.1, 0.15) is 32.9 Å². The number of amides is 1. The summed E-state index contributed by atoms with van der Waals surface area (Å²) in [4.78, 5) is 26.3. The Bertz CT molecular complexity index is 569. The van der Waals surface area contributed by atoms with Gasteiger partial charge in [-0.1, -0.05) is 20.8 Å². The predicted molar refractivity (Wildman–Crippen MR) is 87.4 cm³/mol. The van der Waals surface area contributed by atoms with Crippen molar-refractivity contribution in [3.8, 4) is 5.75 Å². The fourth-order valence-electron chi connectivity index (χ4n) is 1.65. The molecule has 0 saturated carbocycles. The highest BCUT2D eigenvalue weighted by molar-refractivity contribution is 7.84. The molecule has 1 atom stereocenters. The van der Waals surface area contributed by atoms with Crippen LogP contribution < -0.4 is 15.5 Å². The topological polar surface area (TPSA) is 88.3 Å². The van der Waals surface area contributed by atoms with Gasteiger partial charge in [-0.2, -0.15) is 0 Å². The number of hydrogen-bond acceptors (Lipinski definition) is 4. The third-order valence-electron chi connectivity index (χ3n) is 2.71. The molecule has 1 unspecified atom stereocenters. The number of ether oxygens (including phenoxy) is 1. The van der Waals surface area contributed by atoms with Gasteiger partial charge in [0.05, 0.1) is 12.4 Å². The van der Waals surface area contributed by atoms with Crippen LogP contribution in [0.5, 0.6) is 5.75 Å². The molecule has 0 aromatic carbocycles. The molecule has 0 fully saturated rings. The number of H-pyrrole nitrogens is 1. The maximum atomic E-state index is 11.9. The molecule has 22 heavy (non-hydrogen) atoms. The summed E-state index contributed by atoms with van der Waals surface area (Å²) < 4.78 is 17.2. The van der Waals surface area contributed by atoms with Gasteiger partial charge in [-0.15, -0.1) is 0 Å². The Balaban J connectivity index is 2.52. The van der Waals surface area contributed by atoms with Crippen molar-refractivity contribution in [1.29, 1.82) is 0 Å². The molecule has 2 N–H and O–H groups in total. The molecule has 7 heteroatoms. The van der Waals surface area contributed by atoms with Crippen molar-refractivity contribution in [3.63, 3.8) is 0 Å². The first-order valence-electron chi connectivity index (χ1n) is 7.38. The normalized spacial score (nSPS) is 12.2. The van der Waals surface area contributed by atoms with Crippen LogP contribution in [0, 0.1) is 5.92 Å². The smallest absolute Gasteiger partial charge is 0.232 e. The average Bonchev–Trinajstić information content (AvgIpc) is 2.44. The fraction of sp³-hybridized carbons (Fsp3) is 0.600. The van der Waals surface area contributed by atoms with Gasteiger partial charge in [-0.25, -0.2) is 0 Å². The first kappa shape index (κ1) is 18.4. The van der Waals surface area contributed by atoms with Crippen molar-refractivity contribution in [2.45, 2.75) is 32.9 Å². The maximum absolute atomic E-state index is 11.9. The highest BCUT2D eigenvalue weighted by atomic mass is 32.2. The van der Waals surface area contributed by atoms with Crippen molar-refractivity contribution in [2.75, 3.05) is 18.9 Å². The zero-order valence-electron chi connectivity index (χ0n) is 13.3. The second-order valence-corrected chi connectivity index (χ2v) is 6.92. The fourth-order valence-corrected chi connectivity index (χ4v) is 2.66. The SMILES string of the molecule is CCCOc1c[nH]c(CS(=O)CC(=O)NCC(C)C)cc1=O. The van der Waals surface area contributed by atoms with E-state index in [2.05, 4.69) is 10.3 Å². The van der Waals surface area contributed by atoms with Crippen LogP contribution in [0.4, 0.5) is 0 Å². The summed E-state index contributed by atoms with van der Waals surface area (Å²) in [7, 11) is -1.36. The predicted octanol–water partition coefficient (Wildman–Crippen LogP) is 1.18. The van der Waals surface area contributed by atoms with Gasteiger partial charge < -0.3 is 15.0 Å². The van der Waals surface area contributed by atoms with E-state index in [0.717, 1.165) is 6.42 Å². The highest BCUT2D eigenvalue weighted by Crippen LogP contribution is 2.05. The van der Waals surface area contributed by atoms with E-state index in [0.29, 0.717) is 24.8 Å². The van der Waals surface area contributed by atoms with Crippen molar-refractivity contribution in [2.24, 2.45) is 5.92 Å². The quantitative estimate of drug-likeness (QED) is 0.712. The van der Waals surface area contributed by atoms with Crippen molar-refractivity contribution >= 4 is 16.7 Å². The van der Waals surface area contributed by atoms with Gasteiger partial charge in [0.1, 0.15) is 5.75 Å². The third-order valence-corrected chi connectivity index (χ3v) is 3.93. The first-order valence-corrected chi connectivity index (χ1v) is 8.87. The van der Waals surface area contributed by atoms with E-state index in [9.17, 15) is 13.8 Å². The van der Waals surface area contributed by atoms with E-state index in [4.69, 9.17) is 4.74 Å². The summed E-state index contributed by atoms with van der Waals surface area (Å²) in [6.45, 7) is 6.98. The summed E-state index contributed by atoms with van der Waals surface area (Å²) in [5, 5.41) is 2.72. The van der Waals surface area contributed by atoms with Gasteiger partial charge in [0.2, 0.25) is 11.3 Å². The number of carbonyl (C=O) groups excluding carboxylic acids is 1. The van der Waals surface area contributed by atoms with E-state index >= 15 is 0 Å². The largest absolute Gasteiger partial charge is 0.488 e. The lowest BCUT2D eigenvalue weighted by atomic mass is 10.2. The molecule has 0 bridgehead atoms. The summed E-state index contributed by atoms with van der Waals surface area (Å²) >= 11 is 0. The number of nitrogens with one attached hydrogen (secondary N) is 2. The molecule has 1 aromatic rings. The van der Waals surface area contributed by atoms with E-state index in [1.165, 1.54) is 12.3 Å². The minimum atomic E-state index is -1.36. The lowest BCUT2D eigenvalue weighted by Crippen LogP contribution is -2.31. The minimum Gasteiger partial charge on any atom is -0.488 e. The van der Waals surface area contributed by atoms with Crippen molar-refractivity contribution < 1.29 is 13.7 Å². The van der Waals surface area contributed by atoms with E-state index < -0.39 is 10.8 Å². The second-order valence-electron chi connectivity index (χ2n) is 5.46. The van der Waals surface area contributed by atoms with E-state index in [-0.39, 0.29) is 28.6 Å². The molecule has 0 aliphatic rings. The number of rotatable bonds is 9. The molecular formula is C15H24N2O4S. The van der Waals surface area contributed by atoms with Gasteiger partial charge in [0.15, 0.2) is 5.75 Å². The third kappa shape index (κ3) is 6.89. The summed E-state index contributed by atoms with van der Waals surface area (Å²) in [6.07, 6.45) is 2.29. The van der Waals surface area contributed by atoms with Crippen molar-refractivity contribution in [1.82, 2.24) is 10.3 Å². The van der Waals surface area contributed by atoms with Crippen LogP contribution in [0.15, 0.2) is 17.1 Å². The zero-order chi connectivity index (χ0) is 16.5. The van der Waals surface area contributed by atoms with E-state index in [1.54, 1.807) is 0 Å². The number of carbonyl (C=O) groups is 1. The maximum Gasteiger partial charge on any atom is 0.232 e. The highest BCUT2D eigenvalue weighted by Gasteiger charge is 2.10. The van der Waals surface area contributed by atoms with Crippen LogP contribution in [0.2, 0.25) is 0 Å². The molecule has 0 aliphatic carbocycles. The Morgan fingerprint density at radius 2 is 2.18 bits per heavy atom. The Labute approximate surface area is 133 Å². The van der Waals surface area contributed by atoms with Gasteiger partial charge in [-0.05, 0) is 12.3 Å². The molecule has 6 nitrogen and oxygen atoms in total. The Kier molecular flexibility index (Phi) is 7.87. The van der Waals surface area contributed by atoms with Gasteiger partial charge in [0, 0.05) is 35.3 Å². The number of hydrogen-bond donors (Lipinski definition) is 2. The molecule has 1 aromatic heterocycles. The molecule has 1 heterocycles. The van der Waals surface area contributed by atoms with Crippen LogP contribution in [0.25, 0.3) is 0 Å². The van der Waals surface area contributed by atoms with Crippen LogP contribution in [-0.2, 0) is 21.3 Å². The molecule has 1 amide bonds. The van der Waals surface area contributed by atoms with Gasteiger partial charge in [-0.3, -0.25) is 13.8 Å². The molecular weight excluding hydrogens is 304 g/mol. The zero-order valence-corrected chi connectivity index (χ0v) is 14.1. The molecule has 1 rings (SSSR count). The number of pyridine rings is 1. The van der Waals surface area contributed by atoms with Crippen LogP contribution >= 0.6 is 0 Å². The molecule has 124 valence electrons. The summed E-state index contributed by atoms with van der Waals surface area (Å²) in [5.74, 6) is 0.439. The van der Waals surface area contributed by atoms with Gasteiger partial charge in [0.25, 0.3) is 0 Å². The first-order chi connectivity index (χ1) is 10.4. The standard InChI is InChI=1S/C15H24N2O4S/c1-4-5-21-14-8-16-12(6-13(14)18)9-22(20)10-15(19)17-7-11(2)3/h6,8,11H,4-5,7,9-10H2,1-3H3,(H,16,18)(H,17,19). The average molecular weight is 328 g/mol. The Morgan fingerprint density at radius 3 is 2.77 bits per heavy atom. The number of aromatic amines is 1. The van der Waals surface area contributed by atoms with Crippen LogP contribution in [-0.4, -0.2) is 34.0 Å². The molecule has 0 aliphatic heterocycles. The molecule has 0 radical (unpaired) electrons. The molecule has 0 saturated heterocycles. The van der Waals surface area contributed by atoms with Crippen molar-refractivity contribution in [3.05, 3.63) is 28.2 Å². The Morgan fingerprint density at radius 1 is 1.45 bits per heavy atom. The summed E-state index contributed by atoms with van der Waals surface area (Å²) in [6, 6.07) is 1.37. The van der Waals surface area contributed by atoms with Gasteiger partial charge >= 0.3 is 0 Å².